The molecule has 1 heterocycles. The van der Waals surface area contributed by atoms with Gasteiger partial charge in [-0.15, -0.1) is 0 Å². The molecule has 1 saturated carbocycles. The Labute approximate surface area is 103 Å². The molecule has 0 aliphatic heterocycles. The number of aliphatic hydroxyl groups excluding tert-OH is 1. The van der Waals surface area contributed by atoms with Crippen LogP contribution in [-0.4, -0.2) is 23.2 Å². The van der Waals surface area contributed by atoms with Crippen LogP contribution in [0.15, 0.2) is 18.3 Å². The predicted octanol–water partition coefficient (Wildman–Crippen LogP) is 2.76. The topological polar surface area (TPSA) is 36.4 Å². The first-order valence-corrected chi connectivity index (χ1v) is 6.60. The molecule has 94 valence electrons. The standard InChI is InChI=1S/C14H22N2O/c1-3-9-16(10-12-6-7-12)14-13(11(2)17)5-4-8-15-14/h4-5,8,11-12,17H,3,6-7,9-10H2,1-2H3/t11-/m1/s1. The van der Waals surface area contributed by atoms with Crippen molar-refractivity contribution in [1.29, 1.82) is 0 Å². The van der Waals surface area contributed by atoms with E-state index in [2.05, 4.69) is 16.8 Å². The smallest absolute Gasteiger partial charge is 0.134 e. The van der Waals surface area contributed by atoms with Gasteiger partial charge >= 0.3 is 0 Å². The van der Waals surface area contributed by atoms with Crippen LogP contribution in [0.2, 0.25) is 0 Å². The van der Waals surface area contributed by atoms with E-state index in [0.717, 1.165) is 36.8 Å². The molecule has 1 aliphatic rings. The van der Waals surface area contributed by atoms with Crippen LogP contribution >= 0.6 is 0 Å². The van der Waals surface area contributed by atoms with Crippen molar-refractivity contribution in [3.8, 4) is 0 Å². The highest BCUT2D eigenvalue weighted by Gasteiger charge is 2.26. The minimum absolute atomic E-state index is 0.447. The number of nitrogens with zero attached hydrogens (tertiary/aromatic N) is 2. The molecule has 0 amide bonds. The van der Waals surface area contributed by atoms with Gasteiger partial charge in [0, 0.05) is 24.8 Å². The summed E-state index contributed by atoms with van der Waals surface area (Å²) in [5, 5.41) is 9.80. The third-order valence-electron chi connectivity index (χ3n) is 3.24. The molecular weight excluding hydrogens is 212 g/mol. The second-order valence-electron chi connectivity index (χ2n) is 4.98. The SMILES string of the molecule is CCCN(CC1CC1)c1ncccc1[C@@H](C)O. The molecule has 1 N–H and O–H groups in total. The van der Waals surface area contributed by atoms with Crippen LogP contribution in [-0.2, 0) is 0 Å². The third-order valence-corrected chi connectivity index (χ3v) is 3.24. The van der Waals surface area contributed by atoms with Crippen molar-refractivity contribution in [2.24, 2.45) is 5.92 Å². The van der Waals surface area contributed by atoms with Gasteiger partial charge in [0.2, 0.25) is 0 Å². The number of pyridine rings is 1. The highest BCUT2D eigenvalue weighted by Crippen LogP contribution is 2.32. The first-order valence-electron chi connectivity index (χ1n) is 6.60. The molecule has 1 aromatic rings. The van der Waals surface area contributed by atoms with E-state index in [4.69, 9.17) is 0 Å². The molecule has 1 atom stereocenters. The van der Waals surface area contributed by atoms with Crippen molar-refractivity contribution < 1.29 is 5.11 Å². The molecule has 3 heteroatoms. The molecule has 0 spiro atoms. The number of hydrogen-bond donors (Lipinski definition) is 1. The zero-order valence-corrected chi connectivity index (χ0v) is 10.8. The summed E-state index contributed by atoms with van der Waals surface area (Å²) in [6.45, 7) is 6.10. The normalized spacial score (nSPS) is 16.9. The quantitative estimate of drug-likeness (QED) is 0.822. The lowest BCUT2D eigenvalue weighted by molar-refractivity contribution is 0.199. The van der Waals surface area contributed by atoms with Crippen molar-refractivity contribution in [2.75, 3.05) is 18.0 Å². The van der Waals surface area contributed by atoms with Gasteiger partial charge in [-0.2, -0.15) is 0 Å². The van der Waals surface area contributed by atoms with E-state index < -0.39 is 6.10 Å². The van der Waals surface area contributed by atoms with Crippen molar-refractivity contribution in [2.45, 2.75) is 39.2 Å². The van der Waals surface area contributed by atoms with Gasteiger partial charge in [-0.1, -0.05) is 13.0 Å². The van der Waals surface area contributed by atoms with Crippen LogP contribution in [0.4, 0.5) is 5.82 Å². The molecule has 0 saturated heterocycles. The van der Waals surface area contributed by atoms with Gasteiger partial charge in [0.15, 0.2) is 0 Å². The minimum Gasteiger partial charge on any atom is -0.389 e. The molecule has 0 unspecified atom stereocenters. The van der Waals surface area contributed by atoms with Gasteiger partial charge in [-0.3, -0.25) is 0 Å². The van der Waals surface area contributed by atoms with E-state index in [9.17, 15) is 5.11 Å². The summed E-state index contributed by atoms with van der Waals surface area (Å²) in [5.74, 6) is 1.81. The van der Waals surface area contributed by atoms with Gasteiger partial charge < -0.3 is 10.0 Å². The lowest BCUT2D eigenvalue weighted by atomic mass is 10.1. The number of aromatic nitrogens is 1. The van der Waals surface area contributed by atoms with Crippen LogP contribution in [0.25, 0.3) is 0 Å². The molecular formula is C14H22N2O. The average molecular weight is 234 g/mol. The minimum atomic E-state index is -0.447. The Hall–Kier alpha value is -1.09. The molecule has 0 aromatic carbocycles. The summed E-state index contributed by atoms with van der Waals surface area (Å²) in [4.78, 5) is 6.80. The lowest BCUT2D eigenvalue weighted by Crippen LogP contribution is -2.28. The van der Waals surface area contributed by atoms with Crippen LogP contribution in [0.3, 0.4) is 0 Å². The zero-order valence-electron chi connectivity index (χ0n) is 10.8. The van der Waals surface area contributed by atoms with Gasteiger partial charge in [0.05, 0.1) is 6.10 Å². The van der Waals surface area contributed by atoms with Crippen LogP contribution in [0.1, 0.15) is 44.8 Å². The van der Waals surface area contributed by atoms with E-state index in [1.165, 1.54) is 12.8 Å². The molecule has 3 nitrogen and oxygen atoms in total. The Kier molecular flexibility index (Phi) is 4.00. The first kappa shape index (κ1) is 12.4. The largest absolute Gasteiger partial charge is 0.389 e. The second-order valence-corrected chi connectivity index (χ2v) is 4.98. The highest BCUT2D eigenvalue weighted by atomic mass is 16.3. The maximum atomic E-state index is 9.80. The number of anilines is 1. The van der Waals surface area contributed by atoms with Crippen molar-refractivity contribution in [3.63, 3.8) is 0 Å². The second kappa shape index (κ2) is 5.50. The van der Waals surface area contributed by atoms with E-state index >= 15 is 0 Å². The fourth-order valence-corrected chi connectivity index (χ4v) is 2.17. The summed E-state index contributed by atoms with van der Waals surface area (Å²) < 4.78 is 0. The Bertz CT molecular complexity index is 361. The fraction of sp³-hybridized carbons (Fsp3) is 0.643. The highest BCUT2D eigenvalue weighted by molar-refractivity contribution is 5.48. The summed E-state index contributed by atoms with van der Waals surface area (Å²) in [6.07, 6.45) is 5.17. The predicted molar refractivity (Wildman–Crippen MR) is 70.1 cm³/mol. The van der Waals surface area contributed by atoms with Gasteiger partial charge in [-0.25, -0.2) is 4.98 Å². The number of aliphatic hydroxyl groups is 1. The summed E-state index contributed by atoms with van der Waals surface area (Å²) in [7, 11) is 0. The Balaban J connectivity index is 2.20. The van der Waals surface area contributed by atoms with Gasteiger partial charge in [-0.05, 0) is 38.2 Å². The lowest BCUT2D eigenvalue weighted by Gasteiger charge is -2.26. The van der Waals surface area contributed by atoms with Crippen molar-refractivity contribution in [3.05, 3.63) is 23.9 Å². The first-order chi connectivity index (χ1) is 8.22. The summed E-state index contributed by atoms with van der Waals surface area (Å²) in [5.41, 5.74) is 0.946. The van der Waals surface area contributed by atoms with Crippen LogP contribution in [0, 0.1) is 5.92 Å². The third kappa shape index (κ3) is 3.19. The van der Waals surface area contributed by atoms with Gasteiger partial charge in [0.1, 0.15) is 5.82 Å². The van der Waals surface area contributed by atoms with E-state index in [1.807, 2.05) is 25.3 Å². The molecule has 2 rings (SSSR count). The molecule has 0 radical (unpaired) electrons. The number of hydrogen-bond acceptors (Lipinski definition) is 3. The molecule has 1 aliphatic carbocycles. The van der Waals surface area contributed by atoms with E-state index in [-0.39, 0.29) is 0 Å². The zero-order chi connectivity index (χ0) is 12.3. The monoisotopic (exact) mass is 234 g/mol. The van der Waals surface area contributed by atoms with Crippen molar-refractivity contribution >= 4 is 5.82 Å². The molecule has 17 heavy (non-hydrogen) atoms. The molecule has 1 aromatic heterocycles. The Morgan fingerprint density at radius 2 is 2.29 bits per heavy atom. The maximum Gasteiger partial charge on any atom is 0.134 e. The average Bonchev–Trinajstić information content (AvgIpc) is 3.12. The van der Waals surface area contributed by atoms with Crippen molar-refractivity contribution in [1.82, 2.24) is 4.98 Å². The maximum absolute atomic E-state index is 9.80. The van der Waals surface area contributed by atoms with Crippen LogP contribution < -0.4 is 4.90 Å². The number of rotatable bonds is 6. The van der Waals surface area contributed by atoms with Gasteiger partial charge in [0.25, 0.3) is 0 Å². The molecule has 1 fully saturated rings. The van der Waals surface area contributed by atoms with Crippen LogP contribution in [0.5, 0.6) is 0 Å². The fourth-order valence-electron chi connectivity index (χ4n) is 2.17. The summed E-state index contributed by atoms with van der Waals surface area (Å²) >= 11 is 0. The Morgan fingerprint density at radius 3 is 2.88 bits per heavy atom. The molecule has 0 bridgehead atoms. The summed E-state index contributed by atoms with van der Waals surface area (Å²) in [6, 6.07) is 3.87. The van der Waals surface area contributed by atoms with E-state index in [0.29, 0.717) is 0 Å². The Morgan fingerprint density at radius 1 is 1.53 bits per heavy atom. The van der Waals surface area contributed by atoms with E-state index in [1.54, 1.807) is 0 Å².